The molecule has 0 amide bonds. The Balaban J connectivity index is -0.000000772. The Morgan fingerprint density at radius 3 is 1.12 bits per heavy atom. The Kier molecular flexibility index (Phi) is 27.5. The molecule has 0 saturated carbocycles. The fraction of sp³-hybridized carbons (Fsp3) is 0.944. The van der Waals surface area contributed by atoms with E-state index >= 15 is 0 Å². The number of carboxylic acid groups (broad SMARTS) is 1. The fourth-order valence-corrected chi connectivity index (χ4v) is 2.65. The molecule has 0 aliphatic rings. The van der Waals surface area contributed by atoms with Gasteiger partial charge in [-0.3, -0.25) is 4.79 Å². The quantitative estimate of drug-likeness (QED) is 0.171. The lowest BCUT2D eigenvalue weighted by Crippen LogP contribution is -1.93. The van der Waals surface area contributed by atoms with Gasteiger partial charge in [0.1, 0.15) is 0 Å². The second-order valence-corrected chi connectivity index (χ2v) is 7.63. The number of phosphoric acid groups is 1. The second-order valence-electron chi connectivity index (χ2n) is 6.61. The summed E-state index contributed by atoms with van der Waals surface area (Å²) in [6, 6.07) is 0. The van der Waals surface area contributed by atoms with Gasteiger partial charge >= 0.3 is 13.8 Å². The van der Waals surface area contributed by atoms with Crippen LogP contribution in [0.15, 0.2) is 0 Å². The number of carbonyl (C=O) groups is 1. The van der Waals surface area contributed by atoms with Crippen molar-refractivity contribution in [3.05, 3.63) is 0 Å². The number of hydrogen-bond donors (Lipinski definition) is 4. The van der Waals surface area contributed by atoms with Crippen molar-refractivity contribution in [2.24, 2.45) is 0 Å². The molecule has 0 aliphatic heterocycles. The molecule has 0 heterocycles. The van der Waals surface area contributed by atoms with Gasteiger partial charge in [-0.25, -0.2) is 4.57 Å². The summed E-state index contributed by atoms with van der Waals surface area (Å²) in [6.45, 7) is 2.27. The third-order valence-corrected chi connectivity index (χ3v) is 3.99. The maximum Gasteiger partial charge on any atom is 0.466 e. The van der Waals surface area contributed by atoms with E-state index in [-0.39, 0.29) is 17.4 Å². The number of unbranched alkanes of at least 4 members (excludes halogenated alkanes) is 14. The number of hydrogen-bond acceptors (Lipinski definition) is 2. The molecule has 0 atom stereocenters. The molecule has 0 spiro atoms. The third kappa shape index (κ3) is 44.0. The van der Waals surface area contributed by atoms with Crippen molar-refractivity contribution >= 4 is 31.2 Å². The molecule has 0 radical (unpaired) electrons. The molecular formula is C18H42AlO6P. The Hall–Kier alpha value is 0.112. The summed E-state index contributed by atoms with van der Waals surface area (Å²) in [5.41, 5.74) is 0. The van der Waals surface area contributed by atoms with Crippen molar-refractivity contribution in [3.63, 3.8) is 0 Å². The molecule has 0 aromatic heterocycles. The van der Waals surface area contributed by atoms with E-state index in [0.717, 1.165) is 12.8 Å². The molecule has 0 rings (SSSR count). The maximum atomic E-state index is 10.3. The van der Waals surface area contributed by atoms with Crippen LogP contribution in [0, 0.1) is 0 Å². The minimum Gasteiger partial charge on any atom is -0.481 e. The van der Waals surface area contributed by atoms with Crippen molar-refractivity contribution in [2.75, 3.05) is 0 Å². The van der Waals surface area contributed by atoms with Crippen LogP contribution in [0.25, 0.3) is 0 Å². The fourth-order valence-electron chi connectivity index (χ4n) is 2.65. The number of rotatable bonds is 16. The lowest BCUT2D eigenvalue weighted by atomic mass is 10.0. The highest BCUT2D eigenvalue weighted by molar-refractivity contribution is 7.45. The summed E-state index contributed by atoms with van der Waals surface area (Å²) >= 11 is 0. The van der Waals surface area contributed by atoms with Gasteiger partial charge in [0.05, 0.1) is 0 Å². The van der Waals surface area contributed by atoms with Crippen molar-refractivity contribution in [2.45, 2.75) is 110 Å². The molecule has 26 heavy (non-hydrogen) atoms. The van der Waals surface area contributed by atoms with Crippen LogP contribution in [0.4, 0.5) is 0 Å². The van der Waals surface area contributed by atoms with E-state index in [1.54, 1.807) is 0 Å². The normalized spacial score (nSPS) is 10.6. The molecule has 8 heteroatoms. The predicted molar refractivity (Wildman–Crippen MR) is 111 cm³/mol. The summed E-state index contributed by atoms with van der Waals surface area (Å²) in [5.74, 6) is -0.653. The first-order valence-corrected chi connectivity index (χ1v) is 11.3. The number of aliphatic carboxylic acids is 1. The topological polar surface area (TPSA) is 115 Å². The van der Waals surface area contributed by atoms with E-state index in [4.69, 9.17) is 24.4 Å². The Bertz CT molecular complexity index is 327. The molecule has 0 unspecified atom stereocenters. The first-order chi connectivity index (χ1) is 11.8. The molecule has 0 fully saturated rings. The third-order valence-electron chi connectivity index (χ3n) is 3.99. The van der Waals surface area contributed by atoms with Crippen LogP contribution in [0.3, 0.4) is 0 Å². The van der Waals surface area contributed by atoms with Gasteiger partial charge in [0.2, 0.25) is 0 Å². The van der Waals surface area contributed by atoms with Crippen LogP contribution < -0.4 is 0 Å². The minimum absolute atomic E-state index is 0. The smallest absolute Gasteiger partial charge is 0.466 e. The van der Waals surface area contributed by atoms with E-state index in [1.807, 2.05) is 0 Å². The van der Waals surface area contributed by atoms with E-state index in [0.29, 0.717) is 6.42 Å². The van der Waals surface area contributed by atoms with Crippen molar-refractivity contribution < 1.29 is 29.1 Å². The van der Waals surface area contributed by atoms with Crippen LogP contribution in [-0.4, -0.2) is 43.1 Å². The van der Waals surface area contributed by atoms with Gasteiger partial charge in [-0.05, 0) is 6.42 Å². The zero-order valence-corrected chi connectivity index (χ0v) is 16.8. The summed E-state index contributed by atoms with van der Waals surface area (Å²) in [4.78, 5) is 31.9. The van der Waals surface area contributed by atoms with Crippen LogP contribution in [0.5, 0.6) is 0 Å². The van der Waals surface area contributed by atoms with Crippen molar-refractivity contribution in [3.8, 4) is 0 Å². The van der Waals surface area contributed by atoms with E-state index in [2.05, 4.69) is 6.92 Å². The molecule has 0 aromatic carbocycles. The van der Waals surface area contributed by atoms with Gasteiger partial charge < -0.3 is 19.8 Å². The summed E-state index contributed by atoms with van der Waals surface area (Å²) in [6.07, 6.45) is 20.2. The highest BCUT2D eigenvalue weighted by Crippen LogP contribution is 2.25. The van der Waals surface area contributed by atoms with E-state index in [1.165, 1.54) is 83.5 Å². The van der Waals surface area contributed by atoms with Crippen LogP contribution in [0.2, 0.25) is 0 Å². The van der Waals surface area contributed by atoms with Gasteiger partial charge in [0.15, 0.2) is 17.4 Å². The summed E-state index contributed by atoms with van der Waals surface area (Å²) in [5, 5.41) is 8.52. The maximum absolute atomic E-state index is 10.3. The lowest BCUT2D eigenvalue weighted by molar-refractivity contribution is -0.137. The van der Waals surface area contributed by atoms with Gasteiger partial charge in [0.25, 0.3) is 0 Å². The zero-order valence-electron chi connectivity index (χ0n) is 15.9. The van der Waals surface area contributed by atoms with Crippen LogP contribution in [0.1, 0.15) is 110 Å². The molecule has 0 saturated heterocycles. The highest BCUT2D eigenvalue weighted by Gasteiger charge is 2.00. The molecule has 0 aromatic rings. The lowest BCUT2D eigenvalue weighted by Gasteiger charge is -2.03. The second kappa shape index (κ2) is 23.2. The SMILES string of the molecule is CCCCCCCCCCCCCCCCCC(=O)O.O=P(O)(O)O.[AlH3]. The summed E-state index contributed by atoms with van der Waals surface area (Å²) < 4.78 is 8.88. The van der Waals surface area contributed by atoms with E-state index < -0.39 is 13.8 Å². The minimum atomic E-state index is -4.64. The average Bonchev–Trinajstić information content (AvgIpc) is 2.49. The van der Waals surface area contributed by atoms with Gasteiger partial charge in [-0.2, -0.15) is 0 Å². The number of carboxylic acids is 1. The average molecular weight is 412 g/mol. The van der Waals surface area contributed by atoms with Crippen molar-refractivity contribution in [1.29, 1.82) is 0 Å². The first kappa shape index (κ1) is 30.8. The van der Waals surface area contributed by atoms with Crippen LogP contribution >= 0.6 is 7.82 Å². The molecular weight excluding hydrogens is 370 g/mol. The standard InChI is InChI=1S/C18H36O2.Al.H3O4P.3H/c1-2-3-4-5-6-7-8-9-10-11-12-13-14-15-16-17-18(19)20;;1-5(2,3)4;;;/h2-17H2,1H3,(H,19,20);;(H3,1,2,3,4);;;. The molecule has 0 bridgehead atoms. The largest absolute Gasteiger partial charge is 0.481 e. The Morgan fingerprint density at radius 1 is 0.654 bits per heavy atom. The molecule has 0 aliphatic carbocycles. The molecule has 158 valence electrons. The monoisotopic (exact) mass is 412 g/mol. The predicted octanol–water partition coefficient (Wildman–Crippen LogP) is 4.22. The van der Waals surface area contributed by atoms with Gasteiger partial charge in [-0.1, -0.05) is 96.8 Å². The molecule has 4 N–H and O–H groups in total. The molecule has 6 nitrogen and oxygen atoms in total. The Morgan fingerprint density at radius 2 is 0.885 bits per heavy atom. The Labute approximate surface area is 170 Å². The zero-order chi connectivity index (χ0) is 19.4. The highest BCUT2D eigenvalue weighted by atomic mass is 31.2. The van der Waals surface area contributed by atoms with Crippen molar-refractivity contribution in [1.82, 2.24) is 0 Å². The van der Waals surface area contributed by atoms with Crippen LogP contribution in [-0.2, 0) is 9.36 Å². The van der Waals surface area contributed by atoms with Gasteiger partial charge in [-0.15, -0.1) is 0 Å². The van der Waals surface area contributed by atoms with E-state index in [9.17, 15) is 4.79 Å². The first-order valence-electron chi connectivity index (χ1n) is 9.77. The van der Waals surface area contributed by atoms with Gasteiger partial charge in [0, 0.05) is 6.42 Å². The summed E-state index contributed by atoms with van der Waals surface area (Å²) in [7, 11) is -4.64.